The van der Waals surface area contributed by atoms with Gasteiger partial charge in [-0.15, -0.1) is 0 Å². The molecule has 2 fully saturated rings. The van der Waals surface area contributed by atoms with Crippen molar-refractivity contribution in [2.75, 3.05) is 32.8 Å². The molecule has 4 rings (SSSR count). The van der Waals surface area contributed by atoms with E-state index in [1.165, 1.54) is 32.2 Å². The third-order valence-electron chi connectivity index (χ3n) is 7.10. The number of hydrogen-bond donors (Lipinski definition) is 2. The number of amides is 5. The lowest BCUT2D eigenvalue weighted by Gasteiger charge is -2.45. The summed E-state index contributed by atoms with van der Waals surface area (Å²) in [5.74, 6) is -3.42. The number of piperazine rings is 1. The van der Waals surface area contributed by atoms with Gasteiger partial charge in [0, 0.05) is 31.4 Å². The maximum absolute atomic E-state index is 13.8. The molecule has 0 spiro atoms. The van der Waals surface area contributed by atoms with Crippen LogP contribution < -0.4 is 11.1 Å². The van der Waals surface area contributed by atoms with Crippen LogP contribution in [0.5, 0.6) is 0 Å². The quantitative estimate of drug-likeness (QED) is 0.319. The lowest BCUT2D eigenvalue weighted by atomic mass is 9.88. The zero-order valence-electron chi connectivity index (χ0n) is 23.5. The Morgan fingerprint density at radius 3 is 2.35 bits per heavy atom. The Kier molecular flexibility index (Phi) is 8.76. The number of benzene rings is 1. The number of ether oxygens (including phenoxy) is 1. The van der Waals surface area contributed by atoms with Crippen molar-refractivity contribution < 1.29 is 41.9 Å². The Hall–Kier alpha value is -4.53. The van der Waals surface area contributed by atoms with Gasteiger partial charge in [-0.05, 0) is 38.1 Å². The minimum atomic E-state index is -4.85. The number of alkyl halides is 3. The predicted octanol–water partition coefficient (Wildman–Crippen LogP) is 1.11. The Morgan fingerprint density at radius 1 is 1.07 bits per heavy atom. The second kappa shape index (κ2) is 12.0. The van der Waals surface area contributed by atoms with Gasteiger partial charge in [-0.1, -0.05) is 24.3 Å². The van der Waals surface area contributed by atoms with E-state index >= 15 is 0 Å². The molecule has 0 saturated carbocycles. The number of hydrogen-bond acceptors (Lipinski definition) is 8. The number of aromatic nitrogens is 1. The van der Waals surface area contributed by atoms with Crippen LogP contribution in [0.25, 0.3) is 0 Å². The Morgan fingerprint density at radius 2 is 1.74 bits per heavy atom. The summed E-state index contributed by atoms with van der Waals surface area (Å²) in [5.41, 5.74) is 3.08. The van der Waals surface area contributed by atoms with E-state index in [9.17, 15) is 37.1 Å². The van der Waals surface area contributed by atoms with Crippen molar-refractivity contribution in [1.82, 2.24) is 25.0 Å². The molecule has 2 aromatic rings. The molecule has 3 heterocycles. The minimum Gasteiger partial charge on any atom is -0.459 e. The summed E-state index contributed by atoms with van der Waals surface area (Å²) in [4.78, 5) is 72.4. The normalized spacial score (nSPS) is 19.6. The molecule has 2 atom stereocenters. The number of nitrogens with one attached hydrogen (secondary N) is 1. The van der Waals surface area contributed by atoms with Gasteiger partial charge in [0.15, 0.2) is 0 Å². The second-order valence-electron chi connectivity index (χ2n) is 10.9. The number of nitrogens with two attached hydrogens (primary N) is 1. The Balaban J connectivity index is 1.63. The van der Waals surface area contributed by atoms with Gasteiger partial charge in [0.2, 0.25) is 11.8 Å². The number of nitrogens with zero attached hydrogens (tertiary/aromatic N) is 4. The van der Waals surface area contributed by atoms with E-state index in [1.807, 2.05) is 0 Å². The third kappa shape index (κ3) is 6.93. The summed E-state index contributed by atoms with van der Waals surface area (Å²) in [6, 6.07) is 10.1. The zero-order chi connectivity index (χ0) is 31.6. The van der Waals surface area contributed by atoms with Crippen molar-refractivity contribution in [1.29, 1.82) is 0 Å². The van der Waals surface area contributed by atoms with Crippen LogP contribution in [-0.4, -0.2) is 105 Å². The number of carbonyl (C=O) groups excluding carboxylic acids is 5. The van der Waals surface area contributed by atoms with Crippen LogP contribution >= 0.6 is 0 Å². The molecule has 0 radical (unpaired) electrons. The van der Waals surface area contributed by atoms with E-state index in [4.69, 9.17) is 10.5 Å². The first kappa shape index (κ1) is 31.4. The summed E-state index contributed by atoms with van der Waals surface area (Å²) in [6.45, 7) is -0.534. The second-order valence-corrected chi connectivity index (χ2v) is 10.9. The van der Waals surface area contributed by atoms with Crippen LogP contribution in [0, 0.1) is 0 Å². The molecule has 0 aliphatic carbocycles. The molecule has 1 aromatic carbocycles. The lowest BCUT2D eigenvalue weighted by Crippen LogP contribution is -2.67. The number of imide groups is 1. The van der Waals surface area contributed by atoms with E-state index in [1.54, 1.807) is 36.4 Å². The molecular weight excluding hydrogens is 573 g/mol. The Bertz CT molecular complexity index is 1380. The highest BCUT2D eigenvalue weighted by Gasteiger charge is 2.61. The first-order chi connectivity index (χ1) is 20.1. The summed E-state index contributed by atoms with van der Waals surface area (Å²) in [6.07, 6.45) is -3.70. The monoisotopic (exact) mass is 604 g/mol. The summed E-state index contributed by atoms with van der Waals surface area (Å²) in [7, 11) is 0. The molecule has 2 saturated heterocycles. The van der Waals surface area contributed by atoms with Gasteiger partial charge in [0.05, 0.1) is 17.6 Å². The van der Waals surface area contributed by atoms with Gasteiger partial charge in [-0.25, -0.2) is 9.59 Å². The van der Waals surface area contributed by atoms with Crippen molar-refractivity contribution in [3.05, 3.63) is 66.0 Å². The number of esters is 1. The van der Waals surface area contributed by atoms with E-state index < -0.39 is 72.7 Å². The lowest BCUT2D eigenvalue weighted by molar-refractivity contribution is -0.157. The average molecular weight is 605 g/mol. The molecule has 2 aliphatic heterocycles. The SMILES string of the molecule is CC(C)(N)C(=O)N[C@H](COC(=O)c1ccccc1)C(=O)N1CCN2C(=O)N(CC(F)(F)F)C(=O)[C@]2(Cc2ccccn2)C1. The smallest absolute Gasteiger partial charge is 0.406 e. The molecular formula is C28H31F3N6O6. The van der Waals surface area contributed by atoms with Crippen molar-refractivity contribution in [3.8, 4) is 0 Å². The van der Waals surface area contributed by atoms with Gasteiger partial charge in [0.25, 0.3) is 5.91 Å². The fourth-order valence-corrected chi connectivity index (χ4v) is 4.95. The standard InChI is InChI=1S/C28H31F3N6O6/c1-26(2,32)23(40)34-20(15-43-22(39)18-8-4-3-5-9-18)21(38)35-12-13-37-25(42)36(17-28(29,30)31)24(41)27(37,16-35)14-19-10-6-7-11-33-19/h3-11,20H,12-17,32H2,1-2H3,(H,34,40)/t20-,27+/m1/s1. The Labute approximate surface area is 244 Å². The van der Waals surface area contributed by atoms with Crippen LogP contribution in [-0.2, 0) is 25.5 Å². The maximum Gasteiger partial charge on any atom is 0.406 e. The topological polar surface area (TPSA) is 155 Å². The molecule has 5 amide bonds. The largest absolute Gasteiger partial charge is 0.459 e. The third-order valence-corrected chi connectivity index (χ3v) is 7.10. The minimum absolute atomic E-state index is 0.134. The number of carbonyl (C=O) groups is 5. The number of halogens is 3. The first-order valence-corrected chi connectivity index (χ1v) is 13.3. The molecule has 0 unspecified atom stereocenters. The van der Waals surface area contributed by atoms with E-state index in [0.29, 0.717) is 5.69 Å². The molecule has 0 bridgehead atoms. The van der Waals surface area contributed by atoms with Gasteiger partial charge < -0.3 is 25.6 Å². The number of fused-ring (bicyclic) bond motifs is 1. The molecule has 230 valence electrons. The highest BCUT2D eigenvalue weighted by molar-refractivity contribution is 6.08. The van der Waals surface area contributed by atoms with E-state index in [0.717, 1.165) is 9.80 Å². The summed E-state index contributed by atoms with van der Waals surface area (Å²) >= 11 is 0. The molecule has 43 heavy (non-hydrogen) atoms. The molecule has 15 heteroatoms. The van der Waals surface area contributed by atoms with Gasteiger partial charge in [-0.3, -0.25) is 24.3 Å². The fraction of sp³-hybridized carbons (Fsp3) is 0.429. The fourth-order valence-electron chi connectivity index (χ4n) is 4.95. The van der Waals surface area contributed by atoms with Crippen LogP contribution in [0.15, 0.2) is 54.7 Å². The van der Waals surface area contributed by atoms with Gasteiger partial charge in [-0.2, -0.15) is 13.2 Å². The van der Waals surface area contributed by atoms with Crippen molar-refractivity contribution in [2.45, 2.75) is 43.6 Å². The highest BCUT2D eigenvalue weighted by Crippen LogP contribution is 2.36. The molecule has 12 nitrogen and oxygen atoms in total. The molecule has 1 aromatic heterocycles. The first-order valence-electron chi connectivity index (χ1n) is 13.3. The summed E-state index contributed by atoms with van der Waals surface area (Å²) < 4.78 is 45.4. The van der Waals surface area contributed by atoms with Gasteiger partial charge >= 0.3 is 18.2 Å². The van der Waals surface area contributed by atoms with E-state index in [2.05, 4.69) is 10.3 Å². The zero-order valence-corrected chi connectivity index (χ0v) is 23.5. The van der Waals surface area contributed by atoms with Gasteiger partial charge in [0.1, 0.15) is 24.7 Å². The van der Waals surface area contributed by atoms with Crippen LogP contribution in [0.4, 0.5) is 18.0 Å². The van der Waals surface area contributed by atoms with Crippen molar-refractivity contribution >= 4 is 29.7 Å². The van der Waals surface area contributed by atoms with Crippen LogP contribution in [0.3, 0.4) is 0 Å². The number of pyridine rings is 1. The number of rotatable bonds is 9. The molecule has 2 aliphatic rings. The van der Waals surface area contributed by atoms with Crippen molar-refractivity contribution in [3.63, 3.8) is 0 Å². The highest BCUT2D eigenvalue weighted by atomic mass is 19.4. The molecule has 3 N–H and O–H groups in total. The summed E-state index contributed by atoms with van der Waals surface area (Å²) in [5, 5.41) is 2.47. The maximum atomic E-state index is 13.8. The van der Waals surface area contributed by atoms with Crippen molar-refractivity contribution in [2.24, 2.45) is 5.73 Å². The van der Waals surface area contributed by atoms with Crippen LogP contribution in [0.1, 0.15) is 29.9 Å². The predicted molar refractivity (Wildman–Crippen MR) is 144 cm³/mol. The van der Waals surface area contributed by atoms with Crippen LogP contribution in [0.2, 0.25) is 0 Å². The number of urea groups is 1. The van der Waals surface area contributed by atoms with E-state index in [-0.39, 0.29) is 30.0 Å². The average Bonchev–Trinajstić information content (AvgIpc) is 3.15.